The molecule has 90 valence electrons. The fraction of sp³-hybridized carbons (Fsp3) is 0.167. The predicted octanol–water partition coefficient (Wildman–Crippen LogP) is 4.37. The van der Waals surface area contributed by atoms with Crippen LogP contribution in [0.15, 0.2) is 41.3 Å². The molecule has 0 aliphatic heterocycles. The first-order chi connectivity index (χ1) is 8.15. The van der Waals surface area contributed by atoms with Crippen molar-refractivity contribution < 1.29 is 9.50 Å². The fourth-order valence-corrected chi connectivity index (χ4v) is 3.31. The normalized spacial score (nSPS) is 12.6. The van der Waals surface area contributed by atoms with Crippen LogP contribution in [0.2, 0.25) is 4.34 Å². The average molecular weight is 289 g/mol. The summed E-state index contributed by atoms with van der Waals surface area (Å²) in [6, 6.07) is 9.83. The minimum absolute atomic E-state index is 0.250. The molecule has 0 spiro atoms. The van der Waals surface area contributed by atoms with Gasteiger partial charge in [-0.05, 0) is 36.4 Å². The van der Waals surface area contributed by atoms with Gasteiger partial charge in [0.25, 0.3) is 0 Å². The van der Waals surface area contributed by atoms with Gasteiger partial charge in [-0.25, -0.2) is 4.39 Å². The van der Waals surface area contributed by atoms with Crippen molar-refractivity contribution in [2.45, 2.75) is 11.0 Å². The van der Waals surface area contributed by atoms with Crippen LogP contribution in [-0.2, 0) is 0 Å². The Balaban J connectivity index is 1.92. The lowest BCUT2D eigenvalue weighted by Gasteiger charge is -2.07. The molecule has 0 bridgehead atoms. The van der Waals surface area contributed by atoms with Gasteiger partial charge in [-0.15, -0.1) is 23.1 Å². The summed E-state index contributed by atoms with van der Waals surface area (Å²) < 4.78 is 13.4. The van der Waals surface area contributed by atoms with Crippen molar-refractivity contribution in [1.82, 2.24) is 0 Å². The number of hydrogen-bond donors (Lipinski definition) is 1. The van der Waals surface area contributed by atoms with Crippen molar-refractivity contribution in [2.75, 3.05) is 5.75 Å². The highest BCUT2D eigenvalue weighted by atomic mass is 35.5. The van der Waals surface area contributed by atoms with E-state index in [4.69, 9.17) is 11.6 Å². The van der Waals surface area contributed by atoms with Gasteiger partial charge in [0.05, 0.1) is 10.4 Å². The number of benzene rings is 1. The standard InChI is InChI=1S/C12H10ClFOS2/c13-12-6-5-11(17-12)10(15)7-16-9-3-1-8(14)2-4-9/h1-6,10,15H,7H2. The molecule has 1 N–H and O–H groups in total. The van der Waals surface area contributed by atoms with Crippen LogP contribution in [0, 0.1) is 5.82 Å². The highest BCUT2D eigenvalue weighted by molar-refractivity contribution is 7.99. The van der Waals surface area contributed by atoms with E-state index in [0.717, 1.165) is 9.77 Å². The van der Waals surface area contributed by atoms with E-state index in [-0.39, 0.29) is 5.82 Å². The maximum absolute atomic E-state index is 12.7. The van der Waals surface area contributed by atoms with Crippen LogP contribution in [0.3, 0.4) is 0 Å². The van der Waals surface area contributed by atoms with E-state index in [0.29, 0.717) is 10.1 Å². The van der Waals surface area contributed by atoms with E-state index in [1.807, 2.05) is 6.07 Å². The van der Waals surface area contributed by atoms with E-state index in [1.165, 1.54) is 35.2 Å². The number of thiophene rings is 1. The van der Waals surface area contributed by atoms with Gasteiger partial charge in [0.1, 0.15) is 5.82 Å². The number of aliphatic hydroxyl groups is 1. The molecule has 0 aliphatic carbocycles. The zero-order valence-electron chi connectivity index (χ0n) is 8.77. The Hall–Kier alpha value is -0.550. The molecule has 2 rings (SSSR count). The highest BCUT2D eigenvalue weighted by Crippen LogP contribution is 2.30. The van der Waals surface area contributed by atoms with Crippen molar-refractivity contribution in [3.05, 3.63) is 51.4 Å². The fourth-order valence-electron chi connectivity index (χ4n) is 1.30. The van der Waals surface area contributed by atoms with Crippen molar-refractivity contribution in [3.63, 3.8) is 0 Å². The molecule has 1 heterocycles. The Bertz CT molecular complexity index is 484. The van der Waals surface area contributed by atoms with Crippen molar-refractivity contribution in [2.24, 2.45) is 0 Å². The van der Waals surface area contributed by atoms with E-state index in [2.05, 4.69) is 0 Å². The van der Waals surface area contributed by atoms with Gasteiger partial charge in [-0.3, -0.25) is 0 Å². The summed E-state index contributed by atoms with van der Waals surface area (Å²) in [5.41, 5.74) is 0. The second-order valence-electron chi connectivity index (χ2n) is 3.42. The molecule has 1 aromatic carbocycles. The van der Waals surface area contributed by atoms with Crippen molar-refractivity contribution in [1.29, 1.82) is 0 Å². The average Bonchev–Trinajstić information content (AvgIpc) is 2.75. The Morgan fingerprint density at radius 2 is 1.94 bits per heavy atom. The molecule has 2 aromatic rings. The largest absolute Gasteiger partial charge is 0.387 e. The summed E-state index contributed by atoms with van der Waals surface area (Å²) in [7, 11) is 0. The maximum Gasteiger partial charge on any atom is 0.123 e. The smallest absolute Gasteiger partial charge is 0.123 e. The lowest BCUT2D eigenvalue weighted by Crippen LogP contribution is -1.97. The Morgan fingerprint density at radius 3 is 2.53 bits per heavy atom. The summed E-state index contributed by atoms with van der Waals surface area (Å²) in [6.45, 7) is 0. The third-order valence-corrected chi connectivity index (χ3v) is 4.56. The van der Waals surface area contributed by atoms with E-state index < -0.39 is 6.10 Å². The second kappa shape index (κ2) is 5.87. The monoisotopic (exact) mass is 288 g/mol. The SMILES string of the molecule is OC(CSc1ccc(F)cc1)c1ccc(Cl)s1. The van der Waals surface area contributed by atoms with Gasteiger partial charge < -0.3 is 5.11 Å². The Morgan fingerprint density at radius 1 is 1.24 bits per heavy atom. The molecule has 5 heteroatoms. The first-order valence-corrected chi connectivity index (χ1v) is 7.15. The first kappa shape index (κ1) is 12.9. The number of rotatable bonds is 4. The molecule has 1 nitrogen and oxygen atoms in total. The predicted molar refractivity (Wildman–Crippen MR) is 71.4 cm³/mol. The van der Waals surface area contributed by atoms with Gasteiger partial charge in [0.2, 0.25) is 0 Å². The lowest BCUT2D eigenvalue weighted by atomic mass is 10.3. The summed E-state index contributed by atoms with van der Waals surface area (Å²) >= 11 is 8.66. The molecule has 0 saturated heterocycles. The van der Waals surface area contributed by atoms with Gasteiger partial charge in [0, 0.05) is 15.5 Å². The highest BCUT2D eigenvalue weighted by Gasteiger charge is 2.10. The summed E-state index contributed by atoms with van der Waals surface area (Å²) in [5.74, 6) is 0.280. The molecule has 0 fully saturated rings. The maximum atomic E-state index is 12.7. The van der Waals surface area contributed by atoms with Crippen LogP contribution < -0.4 is 0 Å². The van der Waals surface area contributed by atoms with Gasteiger partial charge in [-0.2, -0.15) is 0 Å². The molecule has 1 aromatic heterocycles. The van der Waals surface area contributed by atoms with E-state index in [1.54, 1.807) is 18.2 Å². The van der Waals surface area contributed by atoms with Gasteiger partial charge >= 0.3 is 0 Å². The third-order valence-electron chi connectivity index (χ3n) is 2.14. The molecule has 0 radical (unpaired) electrons. The minimum atomic E-state index is -0.539. The zero-order valence-corrected chi connectivity index (χ0v) is 11.2. The molecule has 0 aliphatic rings. The number of aliphatic hydroxyl groups excluding tert-OH is 1. The quantitative estimate of drug-likeness (QED) is 0.843. The number of halogens is 2. The lowest BCUT2D eigenvalue weighted by molar-refractivity contribution is 0.208. The molecule has 0 amide bonds. The third kappa shape index (κ3) is 3.71. The summed E-state index contributed by atoms with van der Waals surface area (Å²) in [4.78, 5) is 1.79. The van der Waals surface area contributed by atoms with Crippen LogP contribution >= 0.6 is 34.7 Å². The van der Waals surface area contributed by atoms with E-state index >= 15 is 0 Å². The summed E-state index contributed by atoms with van der Waals surface area (Å²) in [6.07, 6.45) is -0.539. The van der Waals surface area contributed by atoms with Crippen LogP contribution in [0.5, 0.6) is 0 Å². The summed E-state index contributed by atoms with van der Waals surface area (Å²) in [5, 5.41) is 9.91. The van der Waals surface area contributed by atoms with Crippen molar-refractivity contribution in [3.8, 4) is 0 Å². The van der Waals surface area contributed by atoms with Crippen LogP contribution in [0.4, 0.5) is 4.39 Å². The van der Waals surface area contributed by atoms with Crippen LogP contribution in [0.1, 0.15) is 11.0 Å². The zero-order chi connectivity index (χ0) is 12.3. The Labute approximate surface area is 112 Å². The number of hydrogen-bond acceptors (Lipinski definition) is 3. The van der Waals surface area contributed by atoms with Crippen LogP contribution in [-0.4, -0.2) is 10.9 Å². The topological polar surface area (TPSA) is 20.2 Å². The Kier molecular flexibility index (Phi) is 4.45. The van der Waals surface area contributed by atoms with E-state index in [9.17, 15) is 9.50 Å². The molecular weight excluding hydrogens is 279 g/mol. The number of thioether (sulfide) groups is 1. The molecule has 0 saturated carbocycles. The van der Waals surface area contributed by atoms with Crippen molar-refractivity contribution >= 4 is 34.7 Å². The van der Waals surface area contributed by atoms with Crippen LogP contribution in [0.25, 0.3) is 0 Å². The molecular formula is C12H10ClFOS2. The van der Waals surface area contributed by atoms with Gasteiger partial charge in [0.15, 0.2) is 0 Å². The minimum Gasteiger partial charge on any atom is -0.387 e. The van der Waals surface area contributed by atoms with Gasteiger partial charge in [-0.1, -0.05) is 11.6 Å². The molecule has 17 heavy (non-hydrogen) atoms. The second-order valence-corrected chi connectivity index (χ2v) is 6.26. The first-order valence-electron chi connectivity index (χ1n) is 4.97. The molecule has 1 atom stereocenters. The molecule has 1 unspecified atom stereocenters.